The summed E-state index contributed by atoms with van der Waals surface area (Å²) < 4.78 is 23.6. The average Bonchev–Trinajstić information content (AvgIpc) is 2.47. The van der Waals surface area contributed by atoms with Crippen LogP contribution in [-0.2, 0) is 19.4 Å². The van der Waals surface area contributed by atoms with E-state index in [1.165, 1.54) is 0 Å². The van der Waals surface area contributed by atoms with E-state index in [-0.39, 0.29) is 35.8 Å². The molecular formula is C14H24N2O4S. The highest BCUT2D eigenvalue weighted by atomic mass is 32.2. The van der Waals surface area contributed by atoms with Gasteiger partial charge in [-0.3, -0.25) is 9.59 Å². The van der Waals surface area contributed by atoms with Gasteiger partial charge in [0, 0.05) is 19.0 Å². The molecule has 2 fully saturated rings. The predicted octanol–water partition coefficient (Wildman–Crippen LogP) is 0.327. The molecule has 2 aliphatic rings. The average molecular weight is 316 g/mol. The van der Waals surface area contributed by atoms with Crippen LogP contribution in [0.5, 0.6) is 0 Å². The summed E-state index contributed by atoms with van der Waals surface area (Å²) in [5, 5.41) is 2.78. The summed E-state index contributed by atoms with van der Waals surface area (Å²) in [6.45, 7) is 6.00. The van der Waals surface area contributed by atoms with Gasteiger partial charge in [0.05, 0.1) is 11.5 Å². The monoisotopic (exact) mass is 316 g/mol. The maximum absolute atomic E-state index is 12.8. The molecule has 0 bridgehead atoms. The summed E-state index contributed by atoms with van der Waals surface area (Å²) in [4.78, 5) is 26.2. The van der Waals surface area contributed by atoms with Crippen molar-refractivity contribution >= 4 is 21.7 Å². The largest absolute Gasteiger partial charge is 0.344 e. The number of hydrogen-bond donors (Lipinski definition) is 1. The topological polar surface area (TPSA) is 83.6 Å². The standard InChI is InChI=1S/C14H24N2O4S/c1-14(2,3)12-13(18)16(7-6-11(17)15-12)10-5-4-8-21(19,20)9-10/h10,12H,4-9H2,1-3H3,(H,15,17). The van der Waals surface area contributed by atoms with Crippen molar-refractivity contribution in [3.05, 3.63) is 0 Å². The molecule has 2 heterocycles. The van der Waals surface area contributed by atoms with E-state index in [9.17, 15) is 18.0 Å². The van der Waals surface area contributed by atoms with Gasteiger partial charge in [-0.15, -0.1) is 0 Å². The fourth-order valence-corrected chi connectivity index (χ4v) is 4.69. The van der Waals surface area contributed by atoms with E-state index >= 15 is 0 Å². The Balaban J connectivity index is 2.25. The molecule has 0 aromatic carbocycles. The van der Waals surface area contributed by atoms with Crippen LogP contribution in [0.3, 0.4) is 0 Å². The lowest BCUT2D eigenvalue weighted by atomic mass is 9.85. The molecule has 6 nitrogen and oxygen atoms in total. The second kappa shape index (κ2) is 5.59. The maximum Gasteiger partial charge on any atom is 0.245 e. The zero-order valence-corrected chi connectivity index (χ0v) is 13.7. The van der Waals surface area contributed by atoms with Gasteiger partial charge in [-0.2, -0.15) is 0 Å². The Labute approximate surface area is 126 Å². The lowest BCUT2D eigenvalue weighted by molar-refractivity contribution is -0.138. The van der Waals surface area contributed by atoms with Gasteiger partial charge in [-0.05, 0) is 18.3 Å². The highest BCUT2D eigenvalue weighted by Gasteiger charge is 2.41. The van der Waals surface area contributed by atoms with Crippen molar-refractivity contribution in [1.29, 1.82) is 0 Å². The summed E-state index contributed by atoms with van der Waals surface area (Å²) >= 11 is 0. The van der Waals surface area contributed by atoms with Crippen molar-refractivity contribution in [1.82, 2.24) is 10.2 Å². The minimum absolute atomic E-state index is 0.0177. The number of nitrogens with zero attached hydrogens (tertiary/aromatic N) is 1. The molecule has 2 rings (SSSR count). The van der Waals surface area contributed by atoms with Crippen molar-refractivity contribution in [3.63, 3.8) is 0 Å². The molecular weight excluding hydrogens is 292 g/mol. The van der Waals surface area contributed by atoms with E-state index in [0.717, 1.165) is 0 Å². The Morgan fingerprint density at radius 1 is 1.24 bits per heavy atom. The van der Waals surface area contributed by atoms with Crippen LogP contribution >= 0.6 is 0 Å². The third-order valence-electron chi connectivity index (χ3n) is 4.16. The Morgan fingerprint density at radius 2 is 1.90 bits per heavy atom. The second-order valence-electron chi connectivity index (χ2n) is 7.06. The molecule has 0 radical (unpaired) electrons. The minimum atomic E-state index is -3.08. The molecule has 0 aromatic heterocycles. The van der Waals surface area contributed by atoms with Crippen molar-refractivity contribution in [2.24, 2.45) is 5.41 Å². The lowest BCUT2D eigenvalue weighted by Crippen LogP contribution is -2.55. The van der Waals surface area contributed by atoms with Crippen molar-refractivity contribution in [2.45, 2.75) is 52.1 Å². The van der Waals surface area contributed by atoms with Crippen LogP contribution in [0.25, 0.3) is 0 Å². The first kappa shape index (κ1) is 16.3. The number of nitrogens with one attached hydrogen (secondary N) is 1. The second-order valence-corrected chi connectivity index (χ2v) is 9.29. The number of hydrogen-bond acceptors (Lipinski definition) is 4. The summed E-state index contributed by atoms with van der Waals surface area (Å²) in [5.74, 6) is -0.0882. The fraction of sp³-hybridized carbons (Fsp3) is 0.857. The van der Waals surface area contributed by atoms with Crippen molar-refractivity contribution < 1.29 is 18.0 Å². The first-order valence-electron chi connectivity index (χ1n) is 7.40. The van der Waals surface area contributed by atoms with Crippen molar-refractivity contribution in [2.75, 3.05) is 18.1 Å². The smallest absolute Gasteiger partial charge is 0.245 e. The van der Waals surface area contributed by atoms with Gasteiger partial charge in [0.25, 0.3) is 0 Å². The lowest BCUT2D eigenvalue weighted by Gasteiger charge is -2.37. The molecule has 21 heavy (non-hydrogen) atoms. The molecule has 2 aliphatic heterocycles. The summed E-state index contributed by atoms with van der Waals surface area (Å²) in [5.41, 5.74) is -0.400. The molecule has 2 saturated heterocycles. The quantitative estimate of drug-likeness (QED) is 0.755. The van der Waals surface area contributed by atoms with Crippen LogP contribution < -0.4 is 5.32 Å². The van der Waals surface area contributed by atoms with Gasteiger partial charge < -0.3 is 10.2 Å². The van der Waals surface area contributed by atoms with Crippen molar-refractivity contribution in [3.8, 4) is 0 Å². The van der Waals surface area contributed by atoms with E-state index in [4.69, 9.17) is 0 Å². The number of rotatable bonds is 1. The molecule has 0 aromatic rings. The highest BCUT2D eigenvalue weighted by Crippen LogP contribution is 2.26. The van der Waals surface area contributed by atoms with Crippen LogP contribution in [0.2, 0.25) is 0 Å². The van der Waals surface area contributed by atoms with Gasteiger partial charge in [0.2, 0.25) is 11.8 Å². The van der Waals surface area contributed by atoms with E-state index in [0.29, 0.717) is 19.4 Å². The Kier molecular flexibility index (Phi) is 4.33. The summed E-state index contributed by atoms with van der Waals surface area (Å²) in [6, 6.07) is -0.897. The van der Waals surface area contributed by atoms with Gasteiger partial charge in [0.15, 0.2) is 9.84 Å². The SMILES string of the molecule is CC(C)(C)C1NC(=O)CCN(C2CCCS(=O)(=O)C2)C1=O. The van der Waals surface area contributed by atoms with Gasteiger partial charge in [-0.25, -0.2) is 8.42 Å². The number of carbonyl (C=O) groups is 2. The van der Waals surface area contributed by atoms with E-state index in [1.807, 2.05) is 20.8 Å². The first-order chi connectivity index (χ1) is 9.60. The molecule has 0 aliphatic carbocycles. The summed E-state index contributed by atoms with van der Waals surface area (Å²) in [6.07, 6.45) is 1.50. The van der Waals surface area contributed by atoms with E-state index in [1.54, 1.807) is 4.90 Å². The number of carbonyl (C=O) groups excluding carboxylic acids is 2. The first-order valence-corrected chi connectivity index (χ1v) is 9.22. The summed E-state index contributed by atoms with van der Waals surface area (Å²) in [7, 11) is -3.08. The van der Waals surface area contributed by atoms with Crippen LogP contribution in [-0.4, -0.2) is 55.3 Å². The van der Waals surface area contributed by atoms with Gasteiger partial charge in [-0.1, -0.05) is 20.8 Å². The molecule has 2 amide bonds. The normalized spacial score (nSPS) is 30.7. The van der Waals surface area contributed by atoms with E-state index in [2.05, 4.69) is 5.32 Å². The third-order valence-corrected chi connectivity index (χ3v) is 5.96. The molecule has 120 valence electrons. The van der Waals surface area contributed by atoms with Crippen LogP contribution in [0.1, 0.15) is 40.0 Å². The molecule has 7 heteroatoms. The molecule has 0 spiro atoms. The predicted molar refractivity (Wildman–Crippen MR) is 79.4 cm³/mol. The number of sulfone groups is 1. The number of amides is 2. The molecule has 1 N–H and O–H groups in total. The fourth-order valence-electron chi connectivity index (χ4n) is 2.99. The minimum Gasteiger partial charge on any atom is -0.344 e. The van der Waals surface area contributed by atoms with E-state index < -0.39 is 21.3 Å². The van der Waals surface area contributed by atoms with Gasteiger partial charge in [0.1, 0.15) is 6.04 Å². The highest BCUT2D eigenvalue weighted by molar-refractivity contribution is 7.91. The molecule has 2 unspecified atom stereocenters. The molecule has 2 atom stereocenters. The van der Waals surface area contributed by atoms with Crippen LogP contribution in [0.4, 0.5) is 0 Å². The van der Waals surface area contributed by atoms with Crippen LogP contribution in [0.15, 0.2) is 0 Å². The Morgan fingerprint density at radius 3 is 2.48 bits per heavy atom. The Hall–Kier alpha value is -1.11. The van der Waals surface area contributed by atoms with Crippen LogP contribution in [0, 0.1) is 5.41 Å². The Bertz CT molecular complexity index is 536. The van der Waals surface area contributed by atoms with Gasteiger partial charge >= 0.3 is 0 Å². The maximum atomic E-state index is 12.8. The zero-order chi connectivity index (χ0) is 15.8. The zero-order valence-electron chi connectivity index (χ0n) is 12.9. The third kappa shape index (κ3) is 3.75. The molecule has 0 saturated carbocycles.